The fraction of sp³-hybridized carbons (Fsp3) is 0.333. The van der Waals surface area contributed by atoms with Crippen LogP contribution in [-0.2, 0) is 4.79 Å². The highest BCUT2D eigenvalue weighted by molar-refractivity contribution is 8.00. The monoisotopic (exact) mass is 267 g/mol. The van der Waals surface area contributed by atoms with Crippen LogP contribution in [0, 0.1) is 11.2 Å². The average Bonchev–Trinajstić information content (AvgIpc) is 3.09. The first kappa shape index (κ1) is 12.9. The van der Waals surface area contributed by atoms with Crippen LogP contribution >= 0.6 is 11.8 Å². The number of nitrogens with two attached hydrogens (primary N) is 1. The molecule has 0 radical (unpaired) electrons. The van der Waals surface area contributed by atoms with Gasteiger partial charge in [0.25, 0.3) is 0 Å². The highest BCUT2D eigenvalue weighted by atomic mass is 32.2. The van der Waals surface area contributed by atoms with Crippen molar-refractivity contribution in [1.82, 2.24) is 5.32 Å². The van der Waals surface area contributed by atoms with Crippen LogP contribution in [0.15, 0.2) is 23.1 Å². The van der Waals surface area contributed by atoms with E-state index in [-0.39, 0.29) is 23.1 Å². The second-order valence-corrected chi connectivity index (χ2v) is 5.17. The summed E-state index contributed by atoms with van der Waals surface area (Å²) in [5.41, 5.74) is 5.41. The van der Waals surface area contributed by atoms with E-state index in [0.29, 0.717) is 10.9 Å². The van der Waals surface area contributed by atoms with Gasteiger partial charge in [-0.15, -0.1) is 11.8 Å². The first-order valence-electron chi connectivity index (χ1n) is 5.63. The van der Waals surface area contributed by atoms with Crippen LogP contribution in [0.25, 0.3) is 0 Å². The molecule has 4 N–H and O–H groups in total. The predicted octanol–water partition coefficient (Wildman–Crippen LogP) is 1.48. The number of benzene rings is 1. The molecular weight excluding hydrogens is 253 g/mol. The molecule has 0 heterocycles. The summed E-state index contributed by atoms with van der Waals surface area (Å²) in [4.78, 5) is 12.0. The zero-order valence-electron chi connectivity index (χ0n) is 9.70. The van der Waals surface area contributed by atoms with Crippen LogP contribution in [0.2, 0.25) is 0 Å². The Morgan fingerprint density at radius 1 is 1.56 bits per heavy atom. The molecule has 1 aromatic carbocycles. The molecule has 18 heavy (non-hydrogen) atoms. The maximum absolute atomic E-state index is 13.5. The Kier molecular flexibility index (Phi) is 3.86. The Morgan fingerprint density at radius 3 is 2.89 bits per heavy atom. The molecule has 0 atom stereocenters. The molecule has 1 aromatic rings. The van der Waals surface area contributed by atoms with Gasteiger partial charge < -0.3 is 11.1 Å². The molecule has 0 saturated heterocycles. The lowest BCUT2D eigenvalue weighted by atomic mass is 10.2. The van der Waals surface area contributed by atoms with Gasteiger partial charge in [-0.25, -0.2) is 4.39 Å². The summed E-state index contributed by atoms with van der Waals surface area (Å²) in [7, 11) is 0. The van der Waals surface area contributed by atoms with E-state index in [9.17, 15) is 9.18 Å². The van der Waals surface area contributed by atoms with Crippen LogP contribution in [0.1, 0.15) is 18.4 Å². The van der Waals surface area contributed by atoms with Crippen molar-refractivity contribution in [2.45, 2.75) is 23.8 Å². The van der Waals surface area contributed by atoms with Gasteiger partial charge in [-0.1, -0.05) is 6.07 Å². The molecule has 6 heteroatoms. The number of carbonyl (C=O) groups is 1. The fourth-order valence-corrected chi connectivity index (χ4v) is 2.42. The van der Waals surface area contributed by atoms with E-state index in [1.54, 1.807) is 12.1 Å². The van der Waals surface area contributed by atoms with Gasteiger partial charge in [-0.2, -0.15) is 0 Å². The van der Waals surface area contributed by atoms with Crippen molar-refractivity contribution < 1.29 is 9.18 Å². The minimum absolute atomic E-state index is 0.0683. The number of hydrogen-bond donors (Lipinski definition) is 3. The first-order chi connectivity index (χ1) is 8.58. The van der Waals surface area contributed by atoms with Crippen molar-refractivity contribution in [3.8, 4) is 0 Å². The minimum Gasteiger partial charge on any atom is -0.384 e. The first-order valence-corrected chi connectivity index (χ1v) is 6.61. The highest BCUT2D eigenvalue weighted by Crippen LogP contribution is 2.25. The van der Waals surface area contributed by atoms with Gasteiger partial charge in [0.05, 0.1) is 11.3 Å². The van der Waals surface area contributed by atoms with Crippen molar-refractivity contribution in [2.24, 2.45) is 5.73 Å². The molecule has 0 spiro atoms. The zero-order valence-corrected chi connectivity index (χ0v) is 10.5. The SMILES string of the molecule is N=C(N)c1c(F)cccc1SCC(=O)NC1CC1. The molecule has 1 aliphatic carbocycles. The van der Waals surface area contributed by atoms with Crippen molar-refractivity contribution >= 4 is 23.5 Å². The Labute approximate surface area is 109 Å². The summed E-state index contributed by atoms with van der Waals surface area (Å²) >= 11 is 1.19. The molecule has 4 nitrogen and oxygen atoms in total. The second kappa shape index (κ2) is 5.39. The molecule has 0 bridgehead atoms. The number of rotatable bonds is 5. The molecule has 1 aliphatic rings. The molecule has 1 amide bonds. The Balaban J connectivity index is 2.01. The van der Waals surface area contributed by atoms with Crippen molar-refractivity contribution in [3.63, 3.8) is 0 Å². The molecule has 1 saturated carbocycles. The topological polar surface area (TPSA) is 79.0 Å². The number of nitrogens with one attached hydrogen (secondary N) is 2. The smallest absolute Gasteiger partial charge is 0.230 e. The lowest BCUT2D eigenvalue weighted by Gasteiger charge is -2.08. The fourth-order valence-electron chi connectivity index (χ4n) is 1.53. The molecule has 0 unspecified atom stereocenters. The van der Waals surface area contributed by atoms with Gasteiger partial charge in [-0.05, 0) is 25.0 Å². The normalized spacial score (nSPS) is 14.3. The third-order valence-corrected chi connectivity index (χ3v) is 3.60. The summed E-state index contributed by atoms with van der Waals surface area (Å²) in [5, 5.41) is 10.2. The number of hydrogen-bond acceptors (Lipinski definition) is 3. The summed E-state index contributed by atoms with van der Waals surface area (Å²) in [6.45, 7) is 0. The van der Waals surface area contributed by atoms with Gasteiger partial charge in [0.15, 0.2) is 0 Å². The van der Waals surface area contributed by atoms with Gasteiger partial charge in [0, 0.05) is 10.9 Å². The standard InChI is InChI=1S/C12H14FN3OS/c13-8-2-1-3-9(11(8)12(14)15)18-6-10(17)16-7-4-5-7/h1-3,7H,4-6H2,(H3,14,15)(H,16,17). The molecule has 96 valence electrons. The Bertz CT molecular complexity index is 488. The maximum Gasteiger partial charge on any atom is 0.230 e. The minimum atomic E-state index is -0.532. The van der Waals surface area contributed by atoms with Crippen molar-refractivity contribution in [3.05, 3.63) is 29.6 Å². The molecule has 0 aliphatic heterocycles. The van der Waals surface area contributed by atoms with E-state index in [1.165, 1.54) is 17.8 Å². The number of amides is 1. The van der Waals surface area contributed by atoms with E-state index < -0.39 is 5.82 Å². The molecule has 0 aromatic heterocycles. The van der Waals surface area contributed by atoms with Crippen molar-refractivity contribution in [1.29, 1.82) is 5.41 Å². The third kappa shape index (κ3) is 3.22. The lowest BCUT2D eigenvalue weighted by molar-refractivity contribution is -0.118. The number of thioether (sulfide) groups is 1. The number of nitrogen functional groups attached to an aromatic ring is 1. The van der Waals surface area contributed by atoms with Crippen LogP contribution < -0.4 is 11.1 Å². The van der Waals surface area contributed by atoms with Crippen molar-refractivity contribution in [2.75, 3.05) is 5.75 Å². The maximum atomic E-state index is 13.5. The number of amidine groups is 1. The van der Waals surface area contributed by atoms with Gasteiger partial charge in [0.1, 0.15) is 11.7 Å². The molecule has 2 rings (SSSR count). The summed E-state index contributed by atoms with van der Waals surface area (Å²) in [6.07, 6.45) is 2.07. The Morgan fingerprint density at radius 2 is 2.28 bits per heavy atom. The van der Waals surface area contributed by atoms with E-state index in [4.69, 9.17) is 11.1 Å². The largest absolute Gasteiger partial charge is 0.384 e. The van der Waals surface area contributed by atoms with Crippen LogP contribution in [-0.4, -0.2) is 23.5 Å². The van der Waals surface area contributed by atoms with E-state index in [2.05, 4.69) is 5.32 Å². The van der Waals surface area contributed by atoms with Gasteiger partial charge in [0.2, 0.25) is 5.91 Å². The second-order valence-electron chi connectivity index (χ2n) is 4.16. The third-order valence-electron chi connectivity index (χ3n) is 2.55. The van der Waals surface area contributed by atoms with Crippen LogP contribution in [0.3, 0.4) is 0 Å². The Hall–Kier alpha value is -1.56. The van der Waals surface area contributed by atoms with Crippen LogP contribution in [0.4, 0.5) is 4.39 Å². The van der Waals surface area contributed by atoms with Crippen LogP contribution in [0.5, 0.6) is 0 Å². The predicted molar refractivity (Wildman–Crippen MR) is 69.3 cm³/mol. The zero-order chi connectivity index (χ0) is 13.1. The number of halogens is 1. The van der Waals surface area contributed by atoms with Gasteiger partial charge >= 0.3 is 0 Å². The molecule has 1 fully saturated rings. The lowest BCUT2D eigenvalue weighted by Crippen LogP contribution is -2.27. The van der Waals surface area contributed by atoms with E-state index >= 15 is 0 Å². The molecular formula is C12H14FN3OS. The summed E-state index contributed by atoms with van der Waals surface area (Å²) in [6, 6.07) is 4.78. The quantitative estimate of drug-likeness (QED) is 0.429. The summed E-state index contributed by atoms with van der Waals surface area (Å²) < 4.78 is 13.5. The highest BCUT2D eigenvalue weighted by Gasteiger charge is 2.23. The van der Waals surface area contributed by atoms with E-state index in [0.717, 1.165) is 12.8 Å². The van der Waals surface area contributed by atoms with E-state index in [1.807, 2.05) is 0 Å². The van der Waals surface area contributed by atoms with Gasteiger partial charge in [-0.3, -0.25) is 10.2 Å². The number of carbonyl (C=O) groups excluding carboxylic acids is 1. The average molecular weight is 267 g/mol. The summed E-state index contributed by atoms with van der Waals surface area (Å²) in [5.74, 6) is -0.713.